The second kappa shape index (κ2) is 5.19. The first-order valence-corrected chi connectivity index (χ1v) is 5.83. The molecule has 0 radical (unpaired) electrons. The van der Waals surface area contributed by atoms with Gasteiger partial charge in [0, 0.05) is 18.2 Å². The van der Waals surface area contributed by atoms with E-state index in [0.717, 1.165) is 5.56 Å². The van der Waals surface area contributed by atoms with Gasteiger partial charge in [-0.2, -0.15) is 0 Å². The molecule has 0 unspecified atom stereocenters. The third-order valence-corrected chi connectivity index (χ3v) is 2.76. The van der Waals surface area contributed by atoms with Crippen LogP contribution >= 0.6 is 15.9 Å². The Hall–Kier alpha value is -1.55. The summed E-state index contributed by atoms with van der Waals surface area (Å²) in [7, 11) is 0. The van der Waals surface area contributed by atoms with E-state index in [0.29, 0.717) is 10.2 Å². The number of pyridine rings is 1. The van der Waals surface area contributed by atoms with Crippen molar-refractivity contribution in [3.05, 3.63) is 64.1 Å². The Morgan fingerprint density at radius 3 is 2.59 bits per heavy atom. The number of hydrogen-bond acceptors (Lipinski definition) is 2. The second-order valence-electron chi connectivity index (χ2n) is 3.59. The largest absolute Gasteiger partial charge is 0.294 e. The van der Waals surface area contributed by atoms with Crippen molar-refractivity contribution in [2.75, 3.05) is 0 Å². The summed E-state index contributed by atoms with van der Waals surface area (Å²) in [4.78, 5) is 15.9. The van der Waals surface area contributed by atoms with Crippen LogP contribution < -0.4 is 0 Å². The van der Waals surface area contributed by atoms with Gasteiger partial charge in [0.05, 0.1) is 0 Å². The van der Waals surface area contributed by atoms with Gasteiger partial charge in [0.2, 0.25) is 0 Å². The number of ketones is 1. The molecule has 1 aromatic heterocycles. The van der Waals surface area contributed by atoms with Crippen LogP contribution in [0.4, 0.5) is 4.39 Å². The van der Waals surface area contributed by atoms with Gasteiger partial charge in [-0.05, 0) is 45.8 Å². The standard InChI is InChI=1S/C13H9BrFNO/c14-13-8-10(5-6-16-13)12(17)7-9-1-3-11(15)4-2-9/h1-6,8H,7H2. The van der Waals surface area contributed by atoms with Gasteiger partial charge in [-0.1, -0.05) is 12.1 Å². The highest BCUT2D eigenvalue weighted by Crippen LogP contribution is 2.12. The Morgan fingerprint density at radius 1 is 1.24 bits per heavy atom. The molecular weight excluding hydrogens is 285 g/mol. The zero-order chi connectivity index (χ0) is 12.3. The molecule has 0 saturated carbocycles. The maximum Gasteiger partial charge on any atom is 0.167 e. The van der Waals surface area contributed by atoms with Crippen LogP contribution in [0.2, 0.25) is 0 Å². The molecule has 86 valence electrons. The number of aromatic nitrogens is 1. The first-order chi connectivity index (χ1) is 8.15. The normalized spacial score (nSPS) is 10.2. The zero-order valence-electron chi connectivity index (χ0n) is 8.86. The highest BCUT2D eigenvalue weighted by molar-refractivity contribution is 9.10. The summed E-state index contributed by atoms with van der Waals surface area (Å²) >= 11 is 3.21. The molecule has 1 aromatic carbocycles. The monoisotopic (exact) mass is 293 g/mol. The number of hydrogen-bond donors (Lipinski definition) is 0. The van der Waals surface area contributed by atoms with E-state index in [2.05, 4.69) is 20.9 Å². The maximum atomic E-state index is 12.7. The summed E-state index contributed by atoms with van der Waals surface area (Å²) in [6.07, 6.45) is 1.83. The van der Waals surface area contributed by atoms with Gasteiger partial charge in [0.25, 0.3) is 0 Å². The van der Waals surface area contributed by atoms with E-state index in [1.165, 1.54) is 12.1 Å². The van der Waals surface area contributed by atoms with Gasteiger partial charge < -0.3 is 0 Å². The molecule has 2 rings (SSSR count). The Bertz CT molecular complexity index is 539. The third-order valence-electron chi connectivity index (χ3n) is 2.33. The maximum absolute atomic E-state index is 12.7. The van der Waals surface area contributed by atoms with Gasteiger partial charge in [0.1, 0.15) is 10.4 Å². The predicted octanol–water partition coefficient (Wildman–Crippen LogP) is 3.41. The second-order valence-corrected chi connectivity index (χ2v) is 4.41. The third kappa shape index (κ3) is 3.20. The molecule has 0 fully saturated rings. The molecule has 2 aromatic rings. The summed E-state index contributed by atoms with van der Waals surface area (Å²) in [5, 5.41) is 0. The summed E-state index contributed by atoms with van der Waals surface area (Å²) in [5.74, 6) is -0.312. The molecule has 0 saturated heterocycles. The molecule has 17 heavy (non-hydrogen) atoms. The number of nitrogens with zero attached hydrogens (tertiary/aromatic N) is 1. The number of halogens is 2. The molecule has 0 aliphatic rings. The van der Waals surface area contributed by atoms with E-state index >= 15 is 0 Å². The van der Waals surface area contributed by atoms with Crippen LogP contribution in [-0.2, 0) is 6.42 Å². The van der Waals surface area contributed by atoms with Gasteiger partial charge in [-0.25, -0.2) is 9.37 Å². The molecule has 0 bridgehead atoms. The van der Waals surface area contributed by atoms with Gasteiger partial charge >= 0.3 is 0 Å². The molecule has 4 heteroatoms. The molecule has 0 N–H and O–H groups in total. The van der Waals surface area contributed by atoms with Crippen molar-refractivity contribution >= 4 is 21.7 Å². The van der Waals surface area contributed by atoms with Crippen LogP contribution in [0, 0.1) is 5.82 Å². The van der Waals surface area contributed by atoms with Crippen LogP contribution in [0.1, 0.15) is 15.9 Å². The quantitative estimate of drug-likeness (QED) is 0.641. The average Bonchev–Trinajstić information content (AvgIpc) is 2.32. The molecule has 1 heterocycles. The highest BCUT2D eigenvalue weighted by atomic mass is 79.9. The van der Waals surface area contributed by atoms with E-state index in [1.807, 2.05) is 0 Å². The van der Waals surface area contributed by atoms with Gasteiger partial charge in [-0.15, -0.1) is 0 Å². The van der Waals surface area contributed by atoms with E-state index in [1.54, 1.807) is 30.5 Å². The highest BCUT2D eigenvalue weighted by Gasteiger charge is 2.07. The first kappa shape index (κ1) is 11.9. The molecule has 0 atom stereocenters. The lowest BCUT2D eigenvalue weighted by molar-refractivity contribution is 0.0993. The summed E-state index contributed by atoms with van der Waals surface area (Å²) < 4.78 is 13.3. The summed E-state index contributed by atoms with van der Waals surface area (Å²) in [6, 6.07) is 9.27. The fourth-order valence-corrected chi connectivity index (χ4v) is 1.83. The number of carbonyl (C=O) groups excluding carboxylic acids is 1. The molecular formula is C13H9BrFNO. The van der Waals surface area contributed by atoms with Crippen LogP contribution in [0.5, 0.6) is 0 Å². The molecule has 0 aliphatic carbocycles. The van der Waals surface area contributed by atoms with Crippen molar-refractivity contribution in [3.8, 4) is 0 Å². The van der Waals surface area contributed by atoms with E-state index in [4.69, 9.17) is 0 Å². The lowest BCUT2D eigenvalue weighted by Crippen LogP contribution is -2.03. The molecule has 0 aliphatic heterocycles. The SMILES string of the molecule is O=C(Cc1ccc(F)cc1)c1ccnc(Br)c1. The van der Waals surface area contributed by atoms with Crippen LogP contribution in [0.25, 0.3) is 0 Å². The van der Waals surface area contributed by atoms with Crippen LogP contribution in [0.3, 0.4) is 0 Å². The van der Waals surface area contributed by atoms with E-state index < -0.39 is 0 Å². The fraction of sp³-hybridized carbons (Fsp3) is 0.0769. The lowest BCUT2D eigenvalue weighted by atomic mass is 10.0. The summed E-state index contributed by atoms with van der Waals surface area (Å²) in [6.45, 7) is 0. The Balaban J connectivity index is 2.14. The minimum atomic E-state index is -0.298. The van der Waals surface area contributed by atoms with Crippen molar-refractivity contribution in [3.63, 3.8) is 0 Å². The van der Waals surface area contributed by atoms with Crippen LogP contribution in [-0.4, -0.2) is 10.8 Å². The zero-order valence-corrected chi connectivity index (χ0v) is 10.4. The number of carbonyl (C=O) groups is 1. The lowest BCUT2D eigenvalue weighted by Gasteiger charge is -2.01. The van der Waals surface area contributed by atoms with Gasteiger partial charge in [0.15, 0.2) is 5.78 Å². The fourth-order valence-electron chi connectivity index (χ4n) is 1.47. The smallest absolute Gasteiger partial charge is 0.167 e. The van der Waals surface area contributed by atoms with Crippen molar-refractivity contribution in [2.24, 2.45) is 0 Å². The van der Waals surface area contributed by atoms with Crippen molar-refractivity contribution in [1.29, 1.82) is 0 Å². The van der Waals surface area contributed by atoms with Crippen LogP contribution in [0.15, 0.2) is 47.2 Å². The van der Waals surface area contributed by atoms with E-state index in [9.17, 15) is 9.18 Å². The van der Waals surface area contributed by atoms with Crippen molar-refractivity contribution in [2.45, 2.75) is 6.42 Å². The molecule has 2 nitrogen and oxygen atoms in total. The topological polar surface area (TPSA) is 30.0 Å². The number of rotatable bonds is 3. The predicted molar refractivity (Wildman–Crippen MR) is 66.4 cm³/mol. The van der Waals surface area contributed by atoms with E-state index in [-0.39, 0.29) is 18.0 Å². The number of benzene rings is 1. The first-order valence-electron chi connectivity index (χ1n) is 5.04. The minimum absolute atomic E-state index is 0.0142. The summed E-state index contributed by atoms with van der Waals surface area (Å²) in [5.41, 5.74) is 1.39. The Morgan fingerprint density at radius 2 is 1.94 bits per heavy atom. The average molecular weight is 294 g/mol. The van der Waals surface area contributed by atoms with Gasteiger partial charge in [-0.3, -0.25) is 4.79 Å². The number of Topliss-reactive ketones (excluding diaryl/α,β-unsaturated/α-hetero) is 1. The Kier molecular flexibility index (Phi) is 3.64. The Labute approximate surface area is 107 Å². The van der Waals surface area contributed by atoms with Crippen molar-refractivity contribution in [1.82, 2.24) is 4.98 Å². The minimum Gasteiger partial charge on any atom is -0.294 e. The molecule has 0 spiro atoms. The van der Waals surface area contributed by atoms with Crippen molar-refractivity contribution < 1.29 is 9.18 Å². The molecule has 0 amide bonds.